The van der Waals surface area contributed by atoms with E-state index in [1.165, 1.54) is 5.56 Å². The van der Waals surface area contributed by atoms with Crippen LogP contribution in [0.1, 0.15) is 47.8 Å². The molecule has 0 fully saturated rings. The number of hydrogen-bond donors (Lipinski definition) is 2. The molecule has 108 valence electrons. The Morgan fingerprint density at radius 2 is 2.10 bits per heavy atom. The number of aromatic carboxylic acids is 1. The number of benzene rings is 1. The Morgan fingerprint density at radius 3 is 2.65 bits per heavy atom. The van der Waals surface area contributed by atoms with Crippen LogP contribution in [0.5, 0.6) is 0 Å². The maximum atomic E-state index is 11.3. The smallest absolute Gasteiger partial charge is 0.335 e. The number of nitrogens with zero attached hydrogens (tertiary/aromatic N) is 1. The van der Waals surface area contributed by atoms with Gasteiger partial charge in [-0.15, -0.1) is 0 Å². The van der Waals surface area contributed by atoms with E-state index >= 15 is 0 Å². The zero-order valence-corrected chi connectivity index (χ0v) is 12.3. The van der Waals surface area contributed by atoms with Crippen LogP contribution in [-0.2, 0) is 6.42 Å². The Bertz CT molecular complexity index is 641. The van der Waals surface area contributed by atoms with Crippen LogP contribution in [0.25, 0.3) is 10.9 Å². The molecule has 4 nitrogen and oxygen atoms in total. The minimum absolute atomic E-state index is 0.346. The Balaban J connectivity index is 2.67. The van der Waals surface area contributed by atoms with Gasteiger partial charge < -0.3 is 15.4 Å². The molecule has 0 spiro atoms. The van der Waals surface area contributed by atoms with Gasteiger partial charge in [0.25, 0.3) is 0 Å². The van der Waals surface area contributed by atoms with Crippen LogP contribution in [0, 0.1) is 6.92 Å². The summed E-state index contributed by atoms with van der Waals surface area (Å²) in [7, 11) is 0. The molecule has 1 aromatic heterocycles. The molecule has 2 aromatic rings. The van der Waals surface area contributed by atoms with Gasteiger partial charge in [-0.1, -0.05) is 0 Å². The number of fused-ring (bicyclic) bond motifs is 1. The van der Waals surface area contributed by atoms with Crippen molar-refractivity contribution in [1.29, 1.82) is 0 Å². The number of hydrogen-bond acceptors (Lipinski definition) is 2. The molecule has 4 heteroatoms. The van der Waals surface area contributed by atoms with Gasteiger partial charge in [-0.25, -0.2) is 4.79 Å². The summed E-state index contributed by atoms with van der Waals surface area (Å²) in [6, 6.07) is 4.13. The molecule has 0 saturated heterocycles. The second-order valence-corrected chi connectivity index (χ2v) is 5.54. The van der Waals surface area contributed by atoms with Gasteiger partial charge in [-0.3, -0.25) is 0 Å². The Labute approximate surface area is 119 Å². The average molecular weight is 274 g/mol. The number of carbonyl (C=O) groups is 1. The van der Waals surface area contributed by atoms with Crippen LogP contribution in [0.3, 0.4) is 0 Å². The van der Waals surface area contributed by atoms with Crippen LogP contribution in [0.15, 0.2) is 18.3 Å². The van der Waals surface area contributed by atoms with Crippen molar-refractivity contribution in [2.24, 2.45) is 5.73 Å². The number of carboxylic acids is 1. The van der Waals surface area contributed by atoms with Crippen molar-refractivity contribution in [2.45, 2.75) is 39.7 Å². The van der Waals surface area contributed by atoms with E-state index in [9.17, 15) is 9.90 Å². The lowest BCUT2D eigenvalue weighted by atomic mass is 10.0. The van der Waals surface area contributed by atoms with E-state index in [4.69, 9.17) is 5.73 Å². The lowest BCUT2D eigenvalue weighted by Crippen LogP contribution is -2.02. The van der Waals surface area contributed by atoms with Gasteiger partial charge in [-0.05, 0) is 63.4 Å². The first-order chi connectivity index (χ1) is 9.45. The fourth-order valence-corrected chi connectivity index (χ4v) is 2.62. The second kappa shape index (κ2) is 5.67. The van der Waals surface area contributed by atoms with Crippen molar-refractivity contribution in [2.75, 3.05) is 6.54 Å². The summed E-state index contributed by atoms with van der Waals surface area (Å²) in [4.78, 5) is 11.3. The minimum atomic E-state index is -0.869. The highest BCUT2D eigenvalue weighted by Gasteiger charge is 2.15. The number of aromatic nitrogens is 1. The SMILES string of the molecule is Cc1cc2c(cc1C(=O)O)c(CCCN)cn2C(C)C. The third kappa shape index (κ3) is 2.56. The molecular formula is C16H22N2O2. The van der Waals surface area contributed by atoms with E-state index in [0.717, 1.165) is 29.3 Å². The van der Waals surface area contributed by atoms with Crippen LogP contribution >= 0.6 is 0 Å². The van der Waals surface area contributed by atoms with Crippen molar-refractivity contribution < 1.29 is 9.90 Å². The van der Waals surface area contributed by atoms with Crippen molar-refractivity contribution >= 4 is 16.9 Å². The molecule has 20 heavy (non-hydrogen) atoms. The molecule has 0 aliphatic rings. The number of carboxylic acid groups (broad SMARTS) is 1. The fourth-order valence-electron chi connectivity index (χ4n) is 2.62. The summed E-state index contributed by atoms with van der Waals surface area (Å²) in [5, 5.41) is 10.3. The summed E-state index contributed by atoms with van der Waals surface area (Å²) in [6.45, 7) is 6.76. The van der Waals surface area contributed by atoms with E-state index in [1.807, 2.05) is 13.0 Å². The fraction of sp³-hybridized carbons (Fsp3) is 0.438. The highest BCUT2D eigenvalue weighted by Crippen LogP contribution is 2.28. The zero-order valence-electron chi connectivity index (χ0n) is 12.3. The molecule has 2 rings (SSSR count). The third-order valence-corrected chi connectivity index (χ3v) is 3.70. The molecule has 0 atom stereocenters. The quantitative estimate of drug-likeness (QED) is 0.880. The molecule has 1 heterocycles. The zero-order chi connectivity index (χ0) is 14.9. The van der Waals surface area contributed by atoms with Crippen molar-refractivity contribution in [3.8, 4) is 0 Å². The van der Waals surface area contributed by atoms with Crippen molar-refractivity contribution in [3.05, 3.63) is 35.0 Å². The van der Waals surface area contributed by atoms with Crippen LogP contribution < -0.4 is 5.73 Å². The van der Waals surface area contributed by atoms with E-state index in [0.29, 0.717) is 18.2 Å². The molecule has 0 amide bonds. The van der Waals surface area contributed by atoms with Gasteiger partial charge in [-0.2, -0.15) is 0 Å². The first-order valence-electron chi connectivity index (χ1n) is 7.03. The van der Waals surface area contributed by atoms with E-state index < -0.39 is 5.97 Å². The van der Waals surface area contributed by atoms with Gasteiger partial charge in [0.15, 0.2) is 0 Å². The lowest BCUT2D eigenvalue weighted by Gasteiger charge is -2.10. The predicted molar refractivity (Wildman–Crippen MR) is 81.4 cm³/mol. The van der Waals surface area contributed by atoms with E-state index in [-0.39, 0.29) is 0 Å². The summed E-state index contributed by atoms with van der Waals surface area (Å²) >= 11 is 0. The van der Waals surface area contributed by atoms with Crippen molar-refractivity contribution in [1.82, 2.24) is 4.57 Å². The van der Waals surface area contributed by atoms with Gasteiger partial charge >= 0.3 is 5.97 Å². The molecule has 1 aromatic carbocycles. The van der Waals surface area contributed by atoms with Crippen LogP contribution in [0.4, 0.5) is 0 Å². The molecule has 0 aliphatic heterocycles. The maximum Gasteiger partial charge on any atom is 0.335 e. The Hall–Kier alpha value is -1.81. The van der Waals surface area contributed by atoms with Crippen LogP contribution in [-0.4, -0.2) is 22.2 Å². The third-order valence-electron chi connectivity index (χ3n) is 3.70. The topological polar surface area (TPSA) is 68.2 Å². The molecule has 3 N–H and O–H groups in total. The van der Waals surface area contributed by atoms with Gasteiger partial charge in [0, 0.05) is 23.1 Å². The summed E-state index contributed by atoms with van der Waals surface area (Å²) in [5.74, 6) is -0.869. The van der Waals surface area contributed by atoms with Gasteiger partial charge in [0.2, 0.25) is 0 Å². The minimum Gasteiger partial charge on any atom is -0.478 e. The molecule has 0 radical (unpaired) electrons. The maximum absolute atomic E-state index is 11.3. The molecule has 0 bridgehead atoms. The Kier molecular flexibility index (Phi) is 4.14. The van der Waals surface area contributed by atoms with Gasteiger partial charge in [0.1, 0.15) is 0 Å². The van der Waals surface area contributed by atoms with Crippen LogP contribution in [0.2, 0.25) is 0 Å². The second-order valence-electron chi connectivity index (χ2n) is 5.54. The largest absolute Gasteiger partial charge is 0.478 e. The first kappa shape index (κ1) is 14.6. The normalized spacial score (nSPS) is 11.4. The highest BCUT2D eigenvalue weighted by atomic mass is 16.4. The average Bonchev–Trinajstić information content (AvgIpc) is 2.73. The predicted octanol–water partition coefficient (Wildman–Crippen LogP) is 3.12. The molecule has 0 saturated carbocycles. The summed E-state index contributed by atoms with van der Waals surface area (Å²) in [5.41, 5.74) is 9.06. The monoisotopic (exact) mass is 274 g/mol. The standard InChI is InChI=1S/C16H22N2O2/c1-10(2)18-9-12(5-4-6-17)14-8-13(16(19)20)11(3)7-15(14)18/h7-10H,4-6,17H2,1-3H3,(H,19,20). The van der Waals surface area contributed by atoms with Crippen molar-refractivity contribution in [3.63, 3.8) is 0 Å². The Morgan fingerprint density at radius 1 is 1.40 bits per heavy atom. The summed E-state index contributed by atoms with van der Waals surface area (Å²) < 4.78 is 2.21. The molecular weight excluding hydrogens is 252 g/mol. The highest BCUT2D eigenvalue weighted by molar-refractivity contribution is 5.96. The molecule has 0 aliphatic carbocycles. The van der Waals surface area contributed by atoms with E-state index in [2.05, 4.69) is 24.6 Å². The number of rotatable bonds is 5. The lowest BCUT2D eigenvalue weighted by molar-refractivity contribution is 0.0696. The number of aryl methyl sites for hydroxylation is 2. The first-order valence-corrected chi connectivity index (χ1v) is 7.03. The van der Waals surface area contributed by atoms with E-state index in [1.54, 1.807) is 6.07 Å². The number of nitrogens with two attached hydrogens (primary N) is 1. The summed E-state index contributed by atoms with van der Waals surface area (Å²) in [6.07, 6.45) is 3.93. The van der Waals surface area contributed by atoms with Gasteiger partial charge in [0.05, 0.1) is 5.56 Å². The molecule has 0 unspecified atom stereocenters.